The van der Waals surface area contributed by atoms with Crippen LogP contribution in [0.15, 0.2) is 28.8 Å². The van der Waals surface area contributed by atoms with Crippen molar-refractivity contribution in [1.82, 2.24) is 20.4 Å². The third-order valence-electron chi connectivity index (χ3n) is 5.63. The van der Waals surface area contributed by atoms with Gasteiger partial charge in [-0.15, -0.1) is 0 Å². The predicted octanol–water partition coefficient (Wildman–Crippen LogP) is 1.98. The Labute approximate surface area is 147 Å². The second-order valence-electron chi connectivity index (χ2n) is 6.94. The molecule has 2 N–H and O–H groups in total. The molecule has 0 aliphatic carbocycles. The van der Waals surface area contributed by atoms with Crippen LogP contribution in [0.4, 0.5) is 6.01 Å². The summed E-state index contributed by atoms with van der Waals surface area (Å²) >= 11 is 0. The monoisotopic (exact) mass is 343 g/mol. The highest BCUT2D eigenvalue weighted by atomic mass is 16.5. The van der Waals surface area contributed by atoms with Gasteiger partial charge in [-0.2, -0.15) is 4.98 Å². The lowest BCUT2D eigenvalue weighted by molar-refractivity contribution is 0.124. The van der Waals surface area contributed by atoms with E-state index in [-0.39, 0.29) is 5.54 Å². The molecule has 0 bridgehead atoms. The first-order valence-corrected chi connectivity index (χ1v) is 8.88. The van der Waals surface area contributed by atoms with Crippen molar-refractivity contribution in [2.24, 2.45) is 0 Å². The van der Waals surface area contributed by atoms with Gasteiger partial charge >= 0.3 is 6.01 Å². The average molecular weight is 343 g/mol. The molecular formula is C18H25N5O2. The maximum atomic E-state index is 5.46. The molecule has 2 aliphatic heterocycles. The minimum atomic E-state index is 0.132. The van der Waals surface area contributed by atoms with Crippen molar-refractivity contribution in [1.29, 1.82) is 0 Å². The number of likely N-dealkylation sites (tertiary alicyclic amines) is 1. The molecule has 1 aromatic heterocycles. The largest absolute Gasteiger partial charge is 0.497 e. The molecular weight excluding hydrogens is 318 g/mol. The Morgan fingerprint density at radius 2 is 2.20 bits per heavy atom. The van der Waals surface area contributed by atoms with Crippen LogP contribution >= 0.6 is 0 Å². The van der Waals surface area contributed by atoms with Crippen molar-refractivity contribution >= 4 is 6.01 Å². The molecule has 1 spiro atoms. The molecule has 2 saturated heterocycles. The van der Waals surface area contributed by atoms with E-state index in [0.717, 1.165) is 37.4 Å². The van der Waals surface area contributed by atoms with E-state index < -0.39 is 0 Å². The van der Waals surface area contributed by atoms with E-state index in [1.165, 1.54) is 12.8 Å². The number of likely N-dealkylation sites (N-methyl/N-ethyl adjacent to an activating group) is 1. The third-order valence-corrected chi connectivity index (χ3v) is 5.63. The summed E-state index contributed by atoms with van der Waals surface area (Å²) < 4.78 is 10.6. The lowest BCUT2D eigenvalue weighted by Crippen LogP contribution is -2.60. The summed E-state index contributed by atoms with van der Waals surface area (Å²) in [7, 11) is 3.87. The Bertz CT molecular complexity index is 709. The van der Waals surface area contributed by atoms with Crippen LogP contribution in [0.2, 0.25) is 0 Å². The third kappa shape index (κ3) is 2.98. The molecule has 3 heterocycles. The maximum Gasteiger partial charge on any atom is 0.322 e. The van der Waals surface area contributed by atoms with Crippen LogP contribution in [0.3, 0.4) is 0 Å². The number of rotatable bonds is 4. The molecule has 2 aromatic rings. The first-order chi connectivity index (χ1) is 12.2. The fourth-order valence-corrected chi connectivity index (χ4v) is 4.11. The molecule has 2 unspecified atom stereocenters. The number of hydrogen-bond donors (Lipinski definition) is 2. The van der Waals surface area contributed by atoms with Crippen molar-refractivity contribution in [2.45, 2.75) is 30.8 Å². The Morgan fingerprint density at radius 1 is 1.36 bits per heavy atom. The number of methoxy groups -OCH3 is 1. The number of aromatic nitrogens is 2. The Balaban J connectivity index is 1.50. The van der Waals surface area contributed by atoms with E-state index in [2.05, 4.69) is 32.7 Å². The number of ether oxygens (including phenoxy) is 1. The molecule has 2 atom stereocenters. The van der Waals surface area contributed by atoms with E-state index in [1.54, 1.807) is 7.11 Å². The zero-order chi connectivity index (χ0) is 17.3. The van der Waals surface area contributed by atoms with Gasteiger partial charge in [-0.3, -0.25) is 4.90 Å². The predicted molar refractivity (Wildman–Crippen MR) is 95.8 cm³/mol. The number of nitrogens with one attached hydrogen (secondary N) is 2. The van der Waals surface area contributed by atoms with Gasteiger partial charge in [0.15, 0.2) is 0 Å². The average Bonchev–Trinajstić information content (AvgIpc) is 3.24. The molecule has 4 rings (SSSR count). The zero-order valence-electron chi connectivity index (χ0n) is 14.8. The van der Waals surface area contributed by atoms with Crippen molar-refractivity contribution in [3.63, 3.8) is 0 Å². The first-order valence-electron chi connectivity index (χ1n) is 8.88. The second kappa shape index (κ2) is 6.65. The number of anilines is 1. The van der Waals surface area contributed by atoms with Crippen LogP contribution in [-0.4, -0.2) is 60.4 Å². The number of benzene rings is 1. The van der Waals surface area contributed by atoms with Gasteiger partial charge in [0.1, 0.15) is 5.75 Å². The van der Waals surface area contributed by atoms with E-state index in [4.69, 9.17) is 9.26 Å². The molecule has 0 radical (unpaired) electrons. The first kappa shape index (κ1) is 16.4. The lowest BCUT2D eigenvalue weighted by Gasteiger charge is -2.43. The molecule has 7 nitrogen and oxygen atoms in total. The highest BCUT2D eigenvalue weighted by Crippen LogP contribution is 2.35. The van der Waals surface area contributed by atoms with Gasteiger partial charge in [-0.1, -0.05) is 5.16 Å². The van der Waals surface area contributed by atoms with Gasteiger partial charge < -0.3 is 19.9 Å². The highest BCUT2D eigenvalue weighted by Gasteiger charge is 2.48. The SMILES string of the molecule is COc1ccc(-c2noc(NC3CCN(C)C34CCCNC4)n2)cc1. The summed E-state index contributed by atoms with van der Waals surface area (Å²) in [6.45, 7) is 3.18. The van der Waals surface area contributed by atoms with Gasteiger partial charge in [0.2, 0.25) is 5.82 Å². The molecule has 7 heteroatoms. The van der Waals surface area contributed by atoms with E-state index in [9.17, 15) is 0 Å². The van der Waals surface area contributed by atoms with Gasteiger partial charge in [0.05, 0.1) is 18.7 Å². The summed E-state index contributed by atoms with van der Waals surface area (Å²) in [4.78, 5) is 7.00. The molecule has 0 amide bonds. The van der Waals surface area contributed by atoms with Crippen molar-refractivity contribution < 1.29 is 9.26 Å². The molecule has 2 fully saturated rings. The Morgan fingerprint density at radius 3 is 2.92 bits per heavy atom. The molecule has 0 saturated carbocycles. The second-order valence-corrected chi connectivity index (χ2v) is 6.94. The van der Waals surface area contributed by atoms with Crippen molar-refractivity contribution in [3.05, 3.63) is 24.3 Å². The summed E-state index contributed by atoms with van der Waals surface area (Å²) in [5.41, 5.74) is 1.04. The summed E-state index contributed by atoms with van der Waals surface area (Å²) in [5, 5.41) is 11.2. The van der Waals surface area contributed by atoms with Gasteiger partial charge in [-0.05, 0) is 57.1 Å². The van der Waals surface area contributed by atoms with Crippen LogP contribution in [0.25, 0.3) is 11.4 Å². The standard InChI is InChI=1S/C18H25N5O2/c1-23-11-8-15(18(23)9-3-10-19-12-18)20-17-21-16(22-25-17)13-4-6-14(24-2)7-5-13/h4-7,15,19H,3,8-12H2,1-2H3,(H,20,21,22). The zero-order valence-corrected chi connectivity index (χ0v) is 14.8. The quantitative estimate of drug-likeness (QED) is 0.879. The summed E-state index contributed by atoms with van der Waals surface area (Å²) in [5.74, 6) is 1.40. The van der Waals surface area contributed by atoms with E-state index >= 15 is 0 Å². The van der Waals surface area contributed by atoms with E-state index in [1.807, 2.05) is 24.3 Å². The minimum Gasteiger partial charge on any atom is -0.497 e. The topological polar surface area (TPSA) is 75.5 Å². The Kier molecular flexibility index (Phi) is 4.35. The van der Waals surface area contributed by atoms with E-state index in [0.29, 0.717) is 17.9 Å². The molecule has 2 aliphatic rings. The van der Waals surface area contributed by atoms with Crippen LogP contribution in [0.5, 0.6) is 5.75 Å². The lowest BCUT2D eigenvalue weighted by atomic mass is 9.84. The number of piperidine rings is 1. The minimum absolute atomic E-state index is 0.132. The fourth-order valence-electron chi connectivity index (χ4n) is 4.11. The van der Waals surface area contributed by atoms with Crippen LogP contribution < -0.4 is 15.4 Å². The normalized spacial score (nSPS) is 26.9. The maximum absolute atomic E-state index is 5.46. The highest BCUT2D eigenvalue weighted by molar-refractivity contribution is 5.56. The van der Waals surface area contributed by atoms with Crippen LogP contribution in [0, 0.1) is 0 Å². The smallest absolute Gasteiger partial charge is 0.322 e. The fraction of sp³-hybridized carbons (Fsp3) is 0.556. The van der Waals surface area contributed by atoms with Gasteiger partial charge in [0.25, 0.3) is 0 Å². The molecule has 134 valence electrons. The molecule has 25 heavy (non-hydrogen) atoms. The number of hydrogen-bond acceptors (Lipinski definition) is 7. The number of nitrogens with zero attached hydrogens (tertiary/aromatic N) is 3. The van der Waals surface area contributed by atoms with Crippen LogP contribution in [0.1, 0.15) is 19.3 Å². The van der Waals surface area contributed by atoms with Crippen molar-refractivity contribution in [2.75, 3.05) is 39.1 Å². The summed E-state index contributed by atoms with van der Waals surface area (Å²) in [6, 6.07) is 8.47. The summed E-state index contributed by atoms with van der Waals surface area (Å²) in [6.07, 6.45) is 3.47. The van der Waals surface area contributed by atoms with Crippen LogP contribution in [-0.2, 0) is 0 Å². The Hall–Kier alpha value is -2.12. The molecule has 1 aromatic carbocycles. The van der Waals surface area contributed by atoms with Gasteiger partial charge in [0, 0.05) is 18.7 Å². The van der Waals surface area contributed by atoms with Gasteiger partial charge in [-0.25, -0.2) is 0 Å². The van der Waals surface area contributed by atoms with Crippen molar-refractivity contribution in [3.8, 4) is 17.1 Å².